The summed E-state index contributed by atoms with van der Waals surface area (Å²) < 4.78 is 11.5. The average molecular weight is 599 g/mol. The van der Waals surface area contributed by atoms with E-state index in [0.29, 0.717) is 32.2 Å². The molecule has 7 nitrogen and oxygen atoms in total. The lowest BCUT2D eigenvalue weighted by Gasteiger charge is -2.16. The van der Waals surface area contributed by atoms with Crippen LogP contribution in [0.4, 0.5) is 11.4 Å². The van der Waals surface area contributed by atoms with E-state index < -0.39 is 5.97 Å². The summed E-state index contributed by atoms with van der Waals surface area (Å²) in [4.78, 5) is 31.7. The Morgan fingerprint density at radius 3 is 2.24 bits per heavy atom. The summed E-state index contributed by atoms with van der Waals surface area (Å²) in [6, 6.07) is 25.4. The van der Waals surface area contributed by atoms with Gasteiger partial charge in [-0.25, -0.2) is 9.79 Å². The molecule has 4 aromatic rings. The van der Waals surface area contributed by atoms with Gasteiger partial charge in [0.25, 0.3) is 5.91 Å². The third-order valence-corrected chi connectivity index (χ3v) is 7.74. The van der Waals surface area contributed by atoms with E-state index in [-0.39, 0.29) is 18.1 Å². The normalized spacial score (nSPS) is 15.0. The number of thioether (sulfide) groups is 1. The van der Waals surface area contributed by atoms with E-state index in [2.05, 4.69) is 0 Å². The van der Waals surface area contributed by atoms with Crippen LogP contribution in [-0.4, -0.2) is 29.3 Å². The van der Waals surface area contributed by atoms with Gasteiger partial charge in [0.1, 0.15) is 6.61 Å². The third-order valence-electron chi connectivity index (χ3n) is 6.49. The van der Waals surface area contributed by atoms with Gasteiger partial charge in [-0.15, -0.1) is 0 Å². The average Bonchev–Trinajstić information content (AvgIpc) is 3.27. The number of anilines is 1. The molecular formula is C33H27ClN2O5S. The van der Waals surface area contributed by atoms with Gasteiger partial charge in [0.05, 0.1) is 34.0 Å². The second kappa shape index (κ2) is 12.5. The molecule has 42 heavy (non-hydrogen) atoms. The molecule has 9 heteroatoms. The van der Waals surface area contributed by atoms with Crippen molar-refractivity contribution in [1.29, 1.82) is 0 Å². The first kappa shape index (κ1) is 29.0. The number of hydrogen-bond acceptors (Lipinski definition) is 6. The van der Waals surface area contributed by atoms with Crippen molar-refractivity contribution < 1.29 is 24.2 Å². The second-order valence-electron chi connectivity index (χ2n) is 9.64. The number of carboxylic acids is 1. The monoisotopic (exact) mass is 598 g/mol. The van der Waals surface area contributed by atoms with Crippen LogP contribution in [0, 0.1) is 13.8 Å². The van der Waals surface area contributed by atoms with Crippen LogP contribution < -0.4 is 14.4 Å². The number of aliphatic imine (C=N–C) groups is 1. The molecule has 0 bridgehead atoms. The van der Waals surface area contributed by atoms with Crippen molar-refractivity contribution in [1.82, 2.24) is 0 Å². The van der Waals surface area contributed by atoms with Crippen molar-refractivity contribution in [2.75, 3.05) is 12.0 Å². The van der Waals surface area contributed by atoms with E-state index in [4.69, 9.17) is 31.2 Å². The number of nitrogens with zero attached hydrogens (tertiary/aromatic N) is 2. The minimum Gasteiger partial charge on any atom is -0.493 e. The molecule has 1 aliphatic rings. The third kappa shape index (κ3) is 6.51. The molecule has 1 saturated heterocycles. The topological polar surface area (TPSA) is 88.4 Å². The lowest BCUT2D eigenvalue weighted by molar-refractivity contribution is -0.113. The largest absolute Gasteiger partial charge is 0.493 e. The van der Waals surface area contributed by atoms with Crippen molar-refractivity contribution in [3.8, 4) is 11.5 Å². The lowest BCUT2D eigenvalue weighted by atomic mass is 10.1. The minimum atomic E-state index is -0.994. The predicted octanol–water partition coefficient (Wildman–Crippen LogP) is 8.05. The van der Waals surface area contributed by atoms with Gasteiger partial charge >= 0.3 is 5.97 Å². The van der Waals surface area contributed by atoms with Crippen molar-refractivity contribution in [3.63, 3.8) is 0 Å². The number of benzene rings is 4. The highest BCUT2D eigenvalue weighted by atomic mass is 35.5. The molecule has 0 atom stereocenters. The number of rotatable bonds is 8. The zero-order valence-corrected chi connectivity index (χ0v) is 24.7. The standard InChI is InChI=1S/C33H27ClN2O5S/c1-20-4-12-25(13-5-20)35-33-36(26-14-6-21(2)7-15-26)31(37)29(42-33)18-23-16-27(34)30(28(17-23)40-3)41-19-22-8-10-24(11-9-22)32(38)39/h4-18H,19H2,1-3H3,(H,38,39)/b29-18-,35-33?. The molecule has 4 aromatic carbocycles. The van der Waals surface area contributed by atoms with Crippen LogP contribution in [-0.2, 0) is 11.4 Å². The molecular weight excluding hydrogens is 572 g/mol. The van der Waals surface area contributed by atoms with Crippen molar-refractivity contribution in [2.24, 2.45) is 4.99 Å². The maximum Gasteiger partial charge on any atom is 0.335 e. The number of halogens is 1. The SMILES string of the molecule is COc1cc(/C=C2\SC(=Nc3ccc(C)cc3)N(c3ccc(C)cc3)C2=O)cc(Cl)c1OCc1ccc(C(=O)O)cc1. The lowest BCUT2D eigenvalue weighted by Crippen LogP contribution is -2.28. The van der Waals surface area contributed by atoms with Crippen LogP contribution in [0.15, 0.2) is 94.8 Å². The Morgan fingerprint density at radius 2 is 1.62 bits per heavy atom. The molecule has 0 aliphatic carbocycles. The minimum absolute atomic E-state index is 0.162. The first-order valence-corrected chi connectivity index (χ1v) is 14.2. The summed E-state index contributed by atoms with van der Waals surface area (Å²) >= 11 is 7.90. The number of carbonyl (C=O) groups is 2. The molecule has 1 fully saturated rings. The Balaban J connectivity index is 1.44. The number of amides is 1. The van der Waals surface area contributed by atoms with Crippen molar-refractivity contribution in [3.05, 3.63) is 123 Å². The number of methoxy groups -OCH3 is 1. The Morgan fingerprint density at radius 1 is 0.976 bits per heavy atom. The van der Waals surface area contributed by atoms with Gasteiger partial charge < -0.3 is 14.6 Å². The Kier molecular flexibility index (Phi) is 8.66. The van der Waals surface area contributed by atoms with Crippen LogP contribution in [0.25, 0.3) is 6.08 Å². The summed E-state index contributed by atoms with van der Waals surface area (Å²) in [7, 11) is 1.51. The Labute approximate surface area is 253 Å². The summed E-state index contributed by atoms with van der Waals surface area (Å²) in [5.74, 6) is -0.450. The van der Waals surface area contributed by atoms with E-state index in [1.54, 1.807) is 35.2 Å². The smallest absolute Gasteiger partial charge is 0.335 e. The molecule has 1 N–H and O–H groups in total. The number of carbonyl (C=O) groups excluding carboxylic acids is 1. The molecule has 0 spiro atoms. The molecule has 1 amide bonds. The zero-order valence-electron chi connectivity index (χ0n) is 23.1. The molecule has 1 heterocycles. The van der Waals surface area contributed by atoms with E-state index in [1.807, 2.05) is 62.4 Å². The van der Waals surface area contributed by atoms with Gasteiger partial charge in [0.2, 0.25) is 0 Å². The van der Waals surface area contributed by atoms with Crippen molar-refractivity contribution >= 4 is 57.9 Å². The molecule has 5 rings (SSSR count). The Bertz CT molecular complexity index is 1700. The van der Waals surface area contributed by atoms with Crippen LogP contribution in [0.5, 0.6) is 11.5 Å². The van der Waals surface area contributed by atoms with Gasteiger partial charge in [-0.3, -0.25) is 9.69 Å². The van der Waals surface area contributed by atoms with Crippen molar-refractivity contribution in [2.45, 2.75) is 20.5 Å². The zero-order chi connectivity index (χ0) is 29.8. The maximum absolute atomic E-state index is 13.7. The number of hydrogen-bond donors (Lipinski definition) is 1. The van der Waals surface area contributed by atoms with Gasteiger partial charge in [-0.05, 0) is 91.3 Å². The summed E-state index contributed by atoms with van der Waals surface area (Å²) in [6.07, 6.45) is 1.76. The summed E-state index contributed by atoms with van der Waals surface area (Å²) in [5.41, 5.74) is 5.31. The van der Waals surface area contributed by atoms with E-state index in [1.165, 1.54) is 31.0 Å². The number of ether oxygens (including phenoxy) is 2. The number of carboxylic acid groups (broad SMARTS) is 1. The van der Waals surface area contributed by atoms with Gasteiger partial charge in [0, 0.05) is 0 Å². The first-order valence-electron chi connectivity index (χ1n) is 13.0. The van der Waals surface area contributed by atoms with E-state index >= 15 is 0 Å². The second-order valence-corrected chi connectivity index (χ2v) is 11.1. The van der Waals surface area contributed by atoms with Crippen LogP contribution in [0.3, 0.4) is 0 Å². The number of amidine groups is 1. The van der Waals surface area contributed by atoms with Gasteiger partial charge in [-0.1, -0.05) is 59.1 Å². The Hall–Kier alpha value is -4.53. The summed E-state index contributed by atoms with van der Waals surface area (Å²) in [6.45, 7) is 4.17. The molecule has 1 aliphatic heterocycles. The van der Waals surface area contributed by atoms with E-state index in [9.17, 15) is 9.59 Å². The van der Waals surface area contributed by atoms with Crippen LogP contribution in [0.2, 0.25) is 5.02 Å². The number of aromatic carboxylic acids is 1. The van der Waals surface area contributed by atoms with E-state index in [0.717, 1.165) is 28.1 Å². The molecule has 0 saturated carbocycles. The summed E-state index contributed by atoms with van der Waals surface area (Å²) in [5, 5.41) is 9.96. The van der Waals surface area contributed by atoms with Gasteiger partial charge in [0.15, 0.2) is 16.7 Å². The molecule has 0 radical (unpaired) electrons. The molecule has 212 valence electrons. The fraction of sp³-hybridized carbons (Fsp3) is 0.121. The number of aryl methyl sites for hydroxylation is 2. The molecule has 0 unspecified atom stereocenters. The highest BCUT2D eigenvalue weighted by Crippen LogP contribution is 2.41. The fourth-order valence-corrected chi connectivity index (χ4v) is 5.49. The predicted molar refractivity (Wildman–Crippen MR) is 168 cm³/mol. The highest BCUT2D eigenvalue weighted by molar-refractivity contribution is 8.19. The quantitative estimate of drug-likeness (QED) is 0.206. The van der Waals surface area contributed by atoms with Gasteiger partial charge in [-0.2, -0.15) is 0 Å². The first-order chi connectivity index (χ1) is 20.2. The van der Waals surface area contributed by atoms with Crippen LogP contribution >= 0.6 is 23.4 Å². The fourth-order valence-electron chi connectivity index (χ4n) is 4.21. The maximum atomic E-state index is 13.7. The highest BCUT2D eigenvalue weighted by Gasteiger charge is 2.35. The molecule has 0 aromatic heterocycles. The van der Waals surface area contributed by atoms with Crippen LogP contribution in [0.1, 0.15) is 32.6 Å².